The quantitative estimate of drug-likeness (QED) is 0.412. The molecule has 154 valence electrons. The Morgan fingerprint density at radius 1 is 0.966 bits per heavy atom. The van der Waals surface area contributed by atoms with Gasteiger partial charge in [0.25, 0.3) is 0 Å². The lowest BCUT2D eigenvalue weighted by Gasteiger charge is -2.13. The molecule has 1 aliphatic rings. The Kier molecular flexibility index (Phi) is 8.80. The Morgan fingerprint density at radius 3 is 2.55 bits per heavy atom. The zero-order valence-corrected chi connectivity index (χ0v) is 17.2. The molecule has 0 bridgehead atoms. The van der Waals surface area contributed by atoms with Gasteiger partial charge in [-0.15, -0.1) is 0 Å². The maximum atomic E-state index is 12.1. The number of amides is 1. The van der Waals surface area contributed by atoms with Crippen molar-refractivity contribution < 1.29 is 9.53 Å². The smallest absolute Gasteiger partial charge is 0.238 e. The van der Waals surface area contributed by atoms with Crippen LogP contribution >= 0.6 is 0 Å². The van der Waals surface area contributed by atoms with Gasteiger partial charge in [-0.05, 0) is 81.3 Å². The molecule has 29 heavy (non-hydrogen) atoms. The summed E-state index contributed by atoms with van der Waals surface area (Å²) >= 11 is 0. The molecule has 0 fully saturated rings. The first-order valence-corrected chi connectivity index (χ1v) is 10.7. The fourth-order valence-electron chi connectivity index (χ4n) is 3.53. The lowest BCUT2D eigenvalue weighted by Crippen LogP contribution is -2.29. The summed E-state index contributed by atoms with van der Waals surface area (Å²) in [6, 6.07) is 18.0. The zero-order valence-electron chi connectivity index (χ0n) is 17.2. The first-order valence-electron chi connectivity index (χ1n) is 10.7. The minimum absolute atomic E-state index is 0.0147. The molecule has 1 aliphatic carbocycles. The van der Waals surface area contributed by atoms with Gasteiger partial charge in [0.15, 0.2) is 0 Å². The molecule has 0 aliphatic heterocycles. The first-order chi connectivity index (χ1) is 14.3. The number of nitrogens with one attached hydrogen (secondary N) is 2. The molecule has 0 atom stereocenters. The summed E-state index contributed by atoms with van der Waals surface area (Å²) in [5, 5.41) is 6.16. The van der Waals surface area contributed by atoms with Crippen molar-refractivity contribution in [2.24, 2.45) is 0 Å². The largest absolute Gasteiger partial charge is 0.494 e. The summed E-state index contributed by atoms with van der Waals surface area (Å²) in [7, 11) is 0. The van der Waals surface area contributed by atoms with Gasteiger partial charge in [0, 0.05) is 5.69 Å². The Morgan fingerprint density at radius 2 is 1.79 bits per heavy atom. The molecule has 4 heteroatoms. The summed E-state index contributed by atoms with van der Waals surface area (Å²) in [5.74, 6) is 0.814. The number of allylic oxidation sites excluding steroid dienone is 1. The van der Waals surface area contributed by atoms with Crippen LogP contribution in [-0.4, -0.2) is 25.6 Å². The van der Waals surface area contributed by atoms with Gasteiger partial charge in [0.1, 0.15) is 5.75 Å². The van der Waals surface area contributed by atoms with Gasteiger partial charge >= 0.3 is 0 Å². The second kappa shape index (κ2) is 12.1. The minimum atomic E-state index is -0.0147. The number of anilines is 1. The summed E-state index contributed by atoms with van der Waals surface area (Å²) < 4.78 is 5.79. The van der Waals surface area contributed by atoms with Crippen LogP contribution in [0.25, 0.3) is 0 Å². The van der Waals surface area contributed by atoms with E-state index < -0.39 is 0 Å². The predicted octanol–water partition coefficient (Wildman–Crippen LogP) is 5.12. The number of carbonyl (C=O) groups excluding carboxylic acids is 1. The summed E-state index contributed by atoms with van der Waals surface area (Å²) in [4.78, 5) is 12.1. The van der Waals surface area contributed by atoms with Crippen LogP contribution in [0.4, 0.5) is 5.69 Å². The molecule has 0 saturated heterocycles. The fourth-order valence-corrected chi connectivity index (χ4v) is 3.53. The number of aryl methyl sites for hydroxylation is 1. The highest BCUT2D eigenvalue weighted by Gasteiger charge is 2.05. The van der Waals surface area contributed by atoms with Crippen molar-refractivity contribution in [3.8, 4) is 5.75 Å². The third-order valence-electron chi connectivity index (χ3n) is 5.15. The molecule has 2 N–H and O–H groups in total. The molecule has 0 spiro atoms. The maximum Gasteiger partial charge on any atom is 0.238 e. The number of benzene rings is 2. The molecule has 4 nitrogen and oxygen atoms in total. The topological polar surface area (TPSA) is 50.4 Å². The Labute approximate surface area is 174 Å². The van der Waals surface area contributed by atoms with E-state index in [-0.39, 0.29) is 5.91 Å². The van der Waals surface area contributed by atoms with Crippen LogP contribution in [0.5, 0.6) is 5.75 Å². The van der Waals surface area contributed by atoms with E-state index in [1.807, 2.05) is 30.3 Å². The van der Waals surface area contributed by atoms with Crippen LogP contribution in [0, 0.1) is 0 Å². The van der Waals surface area contributed by atoms with Crippen LogP contribution in [-0.2, 0) is 11.2 Å². The molecular formula is C25H32N2O2. The van der Waals surface area contributed by atoms with Crippen molar-refractivity contribution in [1.82, 2.24) is 5.32 Å². The van der Waals surface area contributed by atoms with E-state index in [9.17, 15) is 4.79 Å². The number of ether oxygens (including phenoxy) is 1. The fraction of sp³-hybridized carbons (Fsp3) is 0.400. The van der Waals surface area contributed by atoms with Gasteiger partial charge in [-0.3, -0.25) is 4.79 Å². The SMILES string of the molecule is O=C(CNCCC1=CCCCC1)Nc1ccc(OCCCc2ccccc2)cc1. The van der Waals surface area contributed by atoms with E-state index in [0.29, 0.717) is 13.2 Å². The minimum Gasteiger partial charge on any atom is -0.494 e. The molecule has 0 saturated carbocycles. The average Bonchev–Trinajstić information content (AvgIpc) is 2.77. The van der Waals surface area contributed by atoms with Gasteiger partial charge in [0.05, 0.1) is 13.2 Å². The third kappa shape index (κ3) is 8.12. The van der Waals surface area contributed by atoms with Crippen molar-refractivity contribution >= 4 is 11.6 Å². The van der Waals surface area contributed by atoms with Crippen LogP contribution in [0.1, 0.15) is 44.1 Å². The first kappa shape index (κ1) is 21.1. The van der Waals surface area contributed by atoms with Crippen LogP contribution in [0.3, 0.4) is 0 Å². The molecule has 0 aromatic heterocycles. The van der Waals surface area contributed by atoms with E-state index in [1.54, 1.807) is 0 Å². The summed E-state index contributed by atoms with van der Waals surface area (Å²) in [6.45, 7) is 1.88. The number of rotatable bonds is 11. The normalized spacial score (nSPS) is 13.6. The molecule has 3 rings (SSSR count). The van der Waals surface area contributed by atoms with Crippen LogP contribution in [0.15, 0.2) is 66.2 Å². The summed E-state index contributed by atoms with van der Waals surface area (Å²) in [5.41, 5.74) is 3.66. The molecule has 2 aromatic carbocycles. The third-order valence-corrected chi connectivity index (χ3v) is 5.15. The lowest BCUT2D eigenvalue weighted by molar-refractivity contribution is -0.115. The van der Waals surface area contributed by atoms with Gasteiger partial charge < -0.3 is 15.4 Å². The molecule has 0 heterocycles. The van der Waals surface area contributed by atoms with E-state index >= 15 is 0 Å². The van der Waals surface area contributed by atoms with Crippen molar-refractivity contribution in [3.63, 3.8) is 0 Å². The van der Waals surface area contributed by atoms with Crippen LogP contribution in [0.2, 0.25) is 0 Å². The molecule has 1 amide bonds. The van der Waals surface area contributed by atoms with Crippen molar-refractivity contribution in [2.75, 3.05) is 25.0 Å². The lowest BCUT2D eigenvalue weighted by atomic mass is 9.97. The second-order valence-corrected chi connectivity index (χ2v) is 7.55. The molecular weight excluding hydrogens is 360 g/mol. The van der Waals surface area contributed by atoms with Gasteiger partial charge in [-0.25, -0.2) is 0 Å². The van der Waals surface area contributed by atoms with Crippen molar-refractivity contribution in [3.05, 3.63) is 71.8 Å². The van der Waals surface area contributed by atoms with Crippen LogP contribution < -0.4 is 15.4 Å². The highest BCUT2D eigenvalue weighted by Crippen LogP contribution is 2.19. The van der Waals surface area contributed by atoms with E-state index in [4.69, 9.17) is 4.74 Å². The Hall–Kier alpha value is -2.59. The highest BCUT2D eigenvalue weighted by atomic mass is 16.5. The number of carbonyl (C=O) groups is 1. The standard InChI is InChI=1S/C25H32N2O2/c28-25(20-26-18-17-22-10-5-2-6-11-22)27-23-13-15-24(16-14-23)29-19-7-12-21-8-3-1-4-9-21/h1,3-4,8-10,13-16,26H,2,5-7,11-12,17-20H2,(H,27,28). The number of hydrogen-bond acceptors (Lipinski definition) is 3. The highest BCUT2D eigenvalue weighted by molar-refractivity contribution is 5.92. The van der Waals surface area contributed by atoms with Gasteiger partial charge in [0.2, 0.25) is 5.91 Å². The molecule has 0 unspecified atom stereocenters. The summed E-state index contributed by atoms with van der Waals surface area (Å²) in [6.07, 6.45) is 10.4. The van der Waals surface area contributed by atoms with Gasteiger partial charge in [-0.2, -0.15) is 0 Å². The monoisotopic (exact) mass is 392 g/mol. The maximum absolute atomic E-state index is 12.1. The van der Waals surface area contributed by atoms with Crippen molar-refractivity contribution in [2.45, 2.75) is 44.9 Å². The second-order valence-electron chi connectivity index (χ2n) is 7.55. The number of hydrogen-bond donors (Lipinski definition) is 2. The molecule has 2 aromatic rings. The van der Waals surface area contributed by atoms with E-state index in [0.717, 1.165) is 37.2 Å². The van der Waals surface area contributed by atoms with Crippen molar-refractivity contribution in [1.29, 1.82) is 0 Å². The zero-order chi connectivity index (χ0) is 20.2. The molecule has 0 radical (unpaired) electrons. The Bertz CT molecular complexity index is 769. The Balaban J connectivity index is 1.29. The van der Waals surface area contributed by atoms with E-state index in [1.165, 1.54) is 36.8 Å². The predicted molar refractivity (Wildman–Crippen MR) is 119 cm³/mol. The van der Waals surface area contributed by atoms with Gasteiger partial charge in [-0.1, -0.05) is 42.0 Å². The average molecular weight is 393 g/mol. The van der Waals surface area contributed by atoms with E-state index in [2.05, 4.69) is 41.0 Å².